The number of methoxy groups -OCH3 is 1. The second-order valence-corrected chi connectivity index (χ2v) is 6.07. The van der Waals surface area contributed by atoms with E-state index in [0.29, 0.717) is 13.1 Å². The molecule has 6 heteroatoms. The van der Waals surface area contributed by atoms with Crippen LogP contribution < -0.4 is 20.3 Å². The molecule has 0 radical (unpaired) electrons. The number of hydrogen-bond donors (Lipinski definition) is 2. The van der Waals surface area contributed by atoms with Gasteiger partial charge in [0.25, 0.3) is 0 Å². The molecule has 132 valence electrons. The summed E-state index contributed by atoms with van der Waals surface area (Å²) in [4.78, 5) is 18.8. The first-order valence-electron chi connectivity index (χ1n) is 8.60. The Hall–Kier alpha value is -2.76. The molecule has 2 amide bonds. The molecule has 25 heavy (non-hydrogen) atoms. The molecule has 1 fully saturated rings. The number of amides is 2. The first kappa shape index (κ1) is 17.1. The number of urea groups is 1. The number of para-hydroxylation sites is 1. The van der Waals surface area contributed by atoms with Gasteiger partial charge in [-0.25, -0.2) is 9.78 Å². The van der Waals surface area contributed by atoms with Crippen LogP contribution in [0.1, 0.15) is 24.0 Å². The van der Waals surface area contributed by atoms with Crippen molar-refractivity contribution in [3.8, 4) is 5.75 Å². The van der Waals surface area contributed by atoms with Crippen LogP contribution in [0.2, 0.25) is 0 Å². The SMILES string of the molecule is COc1ccccc1CNC(=O)NCc1ccc(N2CCCC2)nc1. The lowest BCUT2D eigenvalue weighted by molar-refractivity contribution is 0.240. The second-order valence-electron chi connectivity index (χ2n) is 6.07. The number of pyridine rings is 1. The smallest absolute Gasteiger partial charge is 0.315 e. The average molecular weight is 340 g/mol. The van der Waals surface area contributed by atoms with Crippen molar-refractivity contribution in [3.05, 3.63) is 53.7 Å². The highest BCUT2D eigenvalue weighted by Gasteiger charge is 2.13. The van der Waals surface area contributed by atoms with Crippen molar-refractivity contribution in [2.75, 3.05) is 25.1 Å². The maximum atomic E-state index is 12.0. The van der Waals surface area contributed by atoms with Gasteiger partial charge in [0.05, 0.1) is 7.11 Å². The fraction of sp³-hybridized carbons (Fsp3) is 0.368. The van der Waals surface area contributed by atoms with Crippen molar-refractivity contribution >= 4 is 11.8 Å². The summed E-state index contributed by atoms with van der Waals surface area (Å²) in [7, 11) is 1.62. The maximum Gasteiger partial charge on any atom is 0.315 e. The molecule has 0 spiro atoms. The normalized spacial score (nSPS) is 13.6. The number of benzene rings is 1. The third-order valence-electron chi connectivity index (χ3n) is 4.32. The lowest BCUT2D eigenvalue weighted by Crippen LogP contribution is -2.34. The maximum absolute atomic E-state index is 12.0. The van der Waals surface area contributed by atoms with Gasteiger partial charge in [0, 0.05) is 37.9 Å². The molecule has 1 aromatic carbocycles. The molecule has 6 nitrogen and oxygen atoms in total. The minimum atomic E-state index is -0.213. The molecule has 0 atom stereocenters. The van der Waals surface area contributed by atoms with E-state index in [1.807, 2.05) is 42.6 Å². The lowest BCUT2D eigenvalue weighted by atomic mass is 10.2. The Morgan fingerprint density at radius 2 is 1.88 bits per heavy atom. The molecule has 1 aliphatic heterocycles. The first-order valence-corrected chi connectivity index (χ1v) is 8.60. The average Bonchev–Trinajstić information content (AvgIpc) is 3.20. The summed E-state index contributed by atoms with van der Waals surface area (Å²) in [6.07, 6.45) is 4.29. The summed E-state index contributed by atoms with van der Waals surface area (Å²) in [5.74, 6) is 1.78. The van der Waals surface area contributed by atoms with Crippen molar-refractivity contribution < 1.29 is 9.53 Å². The van der Waals surface area contributed by atoms with Gasteiger partial charge in [0.2, 0.25) is 0 Å². The van der Waals surface area contributed by atoms with Gasteiger partial charge in [0.15, 0.2) is 0 Å². The number of hydrogen-bond acceptors (Lipinski definition) is 4. The molecule has 2 heterocycles. The minimum absolute atomic E-state index is 0.213. The Labute approximate surface area is 148 Å². The standard InChI is InChI=1S/C19H24N4O2/c1-25-17-7-3-2-6-16(17)14-22-19(24)21-13-15-8-9-18(20-12-15)23-10-4-5-11-23/h2-3,6-9,12H,4-5,10-11,13-14H2,1H3,(H2,21,22,24). The van der Waals surface area contributed by atoms with Crippen molar-refractivity contribution in [1.82, 2.24) is 15.6 Å². The van der Waals surface area contributed by atoms with Crippen LogP contribution in [-0.2, 0) is 13.1 Å². The number of aromatic nitrogens is 1. The van der Waals surface area contributed by atoms with E-state index in [2.05, 4.69) is 20.5 Å². The Kier molecular flexibility index (Phi) is 5.72. The van der Waals surface area contributed by atoms with Gasteiger partial charge < -0.3 is 20.3 Å². The number of rotatable bonds is 6. The van der Waals surface area contributed by atoms with Crippen LogP contribution in [0.3, 0.4) is 0 Å². The van der Waals surface area contributed by atoms with Gasteiger partial charge in [0.1, 0.15) is 11.6 Å². The largest absolute Gasteiger partial charge is 0.496 e. The topological polar surface area (TPSA) is 66.5 Å². The summed E-state index contributed by atoms with van der Waals surface area (Å²) in [6, 6.07) is 11.5. The molecule has 2 aromatic rings. The van der Waals surface area contributed by atoms with Crippen LogP contribution in [-0.4, -0.2) is 31.2 Å². The zero-order valence-corrected chi connectivity index (χ0v) is 14.5. The van der Waals surface area contributed by atoms with E-state index in [0.717, 1.165) is 35.8 Å². The van der Waals surface area contributed by atoms with Gasteiger partial charge in [-0.3, -0.25) is 0 Å². The molecule has 0 aliphatic carbocycles. The minimum Gasteiger partial charge on any atom is -0.496 e. The number of anilines is 1. The summed E-state index contributed by atoms with van der Waals surface area (Å²) in [5.41, 5.74) is 1.92. The molecule has 0 bridgehead atoms. The summed E-state index contributed by atoms with van der Waals surface area (Å²) in [6.45, 7) is 3.03. The highest BCUT2D eigenvalue weighted by Crippen LogP contribution is 2.18. The predicted octanol–water partition coefficient (Wildman–Crippen LogP) is 2.69. The molecule has 1 aliphatic rings. The summed E-state index contributed by atoms with van der Waals surface area (Å²) < 4.78 is 5.28. The van der Waals surface area contributed by atoms with Crippen LogP contribution in [0.15, 0.2) is 42.6 Å². The van der Waals surface area contributed by atoms with Crippen LogP contribution in [0.25, 0.3) is 0 Å². The molecule has 0 unspecified atom stereocenters. The van der Waals surface area contributed by atoms with Gasteiger partial charge in [-0.15, -0.1) is 0 Å². The second kappa shape index (κ2) is 8.37. The summed E-state index contributed by atoms with van der Waals surface area (Å²) in [5, 5.41) is 5.69. The number of carbonyl (C=O) groups excluding carboxylic acids is 1. The Bertz CT molecular complexity index is 697. The van der Waals surface area contributed by atoms with Crippen molar-refractivity contribution in [2.24, 2.45) is 0 Å². The van der Waals surface area contributed by atoms with E-state index in [1.165, 1.54) is 12.8 Å². The zero-order chi connectivity index (χ0) is 17.5. The molecule has 0 saturated carbocycles. The Balaban J connectivity index is 1.45. The van der Waals surface area contributed by atoms with Crippen molar-refractivity contribution in [1.29, 1.82) is 0 Å². The highest BCUT2D eigenvalue weighted by molar-refractivity contribution is 5.73. The highest BCUT2D eigenvalue weighted by atomic mass is 16.5. The lowest BCUT2D eigenvalue weighted by Gasteiger charge is -2.16. The fourth-order valence-electron chi connectivity index (χ4n) is 2.92. The first-order chi connectivity index (χ1) is 12.3. The van der Waals surface area contributed by atoms with E-state index in [4.69, 9.17) is 4.74 Å². The number of nitrogens with one attached hydrogen (secondary N) is 2. The van der Waals surface area contributed by atoms with E-state index in [1.54, 1.807) is 7.11 Å². The van der Waals surface area contributed by atoms with Crippen molar-refractivity contribution in [2.45, 2.75) is 25.9 Å². The van der Waals surface area contributed by atoms with Gasteiger partial charge >= 0.3 is 6.03 Å². The van der Waals surface area contributed by atoms with Gasteiger partial charge in [-0.1, -0.05) is 24.3 Å². The number of ether oxygens (including phenoxy) is 1. The molecular weight excluding hydrogens is 316 g/mol. The predicted molar refractivity (Wildman–Crippen MR) is 97.8 cm³/mol. The van der Waals surface area contributed by atoms with E-state index < -0.39 is 0 Å². The van der Waals surface area contributed by atoms with Crippen LogP contribution in [0.5, 0.6) is 5.75 Å². The van der Waals surface area contributed by atoms with Gasteiger partial charge in [-0.2, -0.15) is 0 Å². The third kappa shape index (κ3) is 4.62. The number of carbonyl (C=O) groups is 1. The van der Waals surface area contributed by atoms with Crippen molar-refractivity contribution in [3.63, 3.8) is 0 Å². The molecular formula is C19H24N4O2. The third-order valence-corrected chi connectivity index (χ3v) is 4.32. The Morgan fingerprint density at radius 3 is 2.60 bits per heavy atom. The zero-order valence-electron chi connectivity index (χ0n) is 14.5. The quantitative estimate of drug-likeness (QED) is 0.848. The molecule has 1 saturated heterocycles. The monoisotopic (exact) mass is 340 g/mol. The number of nitrogens with zero attached hydrogens (tertiary/aromatic N) is 2. The van der Waals surface area contributed by atoms with Gasteiger partial charge in [-0.05, 0) is 30.5 Å². The Morgan fingerprint density at radius 1 is 1.12 bits per heavy atom. The fourth-order valence-corrected chi connectivity index (χ4v) is 2.92. The molecule has 2 N–H and O–H groups in total. The van der Waals surface area contributed by atoms with E-state index >= 15 is 0 Å². The van der Waals surface area contributed by atoms with E-state index in [9.17, 15) is 4.79 Å². The van der Waals surface area contributed by atoms with Crippen LogP contribution in [0.4, 0.5) is 10.6 Å². The molecule has 3 rings (SSSR count). The van der Waals surface area contributed by atoms with Crippen LogP contribution >= 0.6 is 0 Å². The van der Waals surface area contributed by atoms with E-state index in [-0.39, 0.29) is 6.03 Å². The van der Waals surface area contributed by atoms with Crippen LogP contribution in [0, 0.1) is 0 Å². The molecule has 1 aromatic heterocycles. The summed E-state index contributed by atoms with van der Waals surface area (Å²) >= 11 is 0.